The number of furan rings is 1. The molecule has 1 unspecified atom stereocenters. The van der Waals surface area contributed by atoms with Gasteiger partial charge in [0.05, 0.1) is 36.1 Å². The number of nitriles is 1. The van der Waals surface area contributed by atoms with Gasteiger partial charge in [-0.2, -0.15) is 5.26 Å². The van der Waals surface area contributed by atoms with E-state index in [2.05, 4.69) is 21.6 Å². The zero-order valence-corrected chi connectivity index (χ0v) is 24.1. The molecule has 1 atom stereocenters. The molecular formula is C28H28N6O4S2. The second-order valence-electron chi connectivity index (χ2n) is 10.3. The Kier molecular flexibility index (Phi) is 7.44. The number of rotatable bonds is 7. The van der Waals surface area contributed by atoms with Crippen molar-refractivity contribution in [1.82, 2.24) is 10.2 Å². The van der Waals surface area contributed by atoms with Crippen LogP contribution in [0.5, 0.6) is 5.75 Å². The molecule has 12 heteroatoms. The number of Topliss-reactive ketones (excluding diaryl/α,β-unsaturated/α-hetero) is 1. The molecule has 0 fully saturated rings. The van der Waals surface area contributed by atoms with E-state index in [0.29, 0.717) is 56.5 Å². The van der Waals surface area contributed by atoms with Gasteiger partial charge in [0.1, 0.15) is 23.1 Å². The van der Waals surface area contributed by atoms with Gasteiger partial charge >= 0.3 is 0 Å². The summed E-state index contributed by atoms with van der Waals surface area (Å²) in [4.78, 5) is 27.9. The maximum atomic E-state index is 13.6. The largest absolute Gasteiger partial charge is 0.495 e. The van der Waals surface area contributed by atoms with Gasteiger partial charge < -0.3 is 20.2 Å². The number of carbonyl (C=O) groups excluding carboxylic acids is 2. The molecular weight excluding hydrogens is 548 g/mol. The monoisotopic (exact) mass is 576 g/mol. The maximum Gasteiger partial charge on any atom is 0.234 e. The van der Waals surface area contributed by atoms with Gasteiger partial charge in [-0.15, -0.1) is 10.2 Å². The van der Waals surface area contributed by atoms with E-state index in [9.17, 15) is 14.9 Å². The first kappa shape index (κ1) is 27.5. The molecule has 0 radical (unpaired) electrons. The number of thioether (sulfide) groups is 1. The lowest BCUT2D eigenvalue weighted by Gasteiger charge is -2.42. The number of nitrogens with one attached hydrogen (secondary N) is 1. The molecule has 40 heavy (non-hydrogen) atoms. The quantitative estimate of drug-likeness (QED) is 0.363. The first-order valence-corrected chi connectivity index (χ1v) is 14.3. The number of methoxy groups -OCH3 is 1. The smallest absolute Gasteiger partial charge is 0.234 e. The van der Waals surface area contributed by atoms with E-state index in [-0.39, 0.29) is 34.3 Å². The number of amides is 1. The van der Waals surface area contributed by atoms with Crippen LogP contribution in [-0.2, 0) is 9.59 Å². The lowest BCUT2D eigenvalue weighted by Crippen LogP contribution is -2.42. The van der Waals surface area contributed by atoms with E-state index >= 15 is 0 Å². The molecule has 2 aliphatic rings. The minimum Gasteiger partial charge on any atom is -0.495 e. The highest BCUT2D eigenvalue weighted by molar-refractivity contribution is 8.01. The molecule has 5 rings (SSSR count). The van der Waals surface area contributed by atoms with Gasteiger partial charge in [0.25, 0.3) is 0 Å². The average Bonchev–Trinajstić information content (AvgIpc) is 3.55. The van der Waals surface area contributed by atoms with Crippen molar-refractivity contribution < 1.29 is 18.7 Å². The predicted octanol–water partition coefficient (Wildman–Crippen LogP) is 5.12. The zero-order valence-electron chi connectivity index (χ0n) is 22.5. The van der Waals surface area contributed by atoms with Gasteiger partial charge in [-0.1, -0.05) is 49.1 Å². The Bertz CT molecular complexity index is 1600. The molecule has 1 aliphatic carbocycles. The summed E-state index contributed by atoms with van der Waals surface area (Å²) >= 11 is 2.47. The van der Waals surface area contributed by atoms with Crippen molar-refractivity contribution in [2.75, 3.05) is 23.1 Å². The highest BCUT2D eigenvalue weighted by Gasteiger charge is 2.46. The fourth-order valence-electron chi connectivity index (χ4n) is 5.03. The van der Waals surface area contributed by atoms with Crippen molar-refractivity contribution in [3.05, 3.63) is 70.6 Å². The summed E-state index contributed by atoms with van der Waals surface area (Å²) in [6.07, 6.45) is 0.889. The van der Waals surface area contributed by atoms with Gasteiger partial charge in [0.15, 0.2) is 10.1 Å². The van der Waals surface area contributed by atoms with E-state index in [1.807, 2.05) is 39.0 Å². The van der Waals surface area contributed by atoms with E-state index in [0.717, 1.165) is 0 Å². The van der Waals surface area contributed by atoms with Gasteiger partial charge in [0, 0.05) is 17.7 Å². The van der Waals surface area contributed by atoms with Crippen molar-refractivity contribution in [3.8, 4) is 11.8 Å². The number of anilines is 2. The van der Waals surface area contributed by atoms with Crippen LogP contribution in [0.3, 0.4) is 0 Å². The fraction of sp³-hybridized carbons (Fsp3) is 0.321. The topological polar surface area (TPSA) is 147 Å². The summed E-state index contributed by atoms with van der Waals surface area (Å²) in [5, 5.41) is 22.0. The highest BCUT2D eigenvalue weighted by Crippen LogP contribution is 2.51. The van der Waals surface area contributed by atoms with E-state index in [4.69, 9.17) is 14.9 Å². The predicted molar refractivity (Wildman–Crippen MR) is 153 cm³/mol. The molecule has 0 bridgehead atoms. The maximum absolute atomic E-state index is 13.6. The SMILES string of the molecule is COc1ccccc1NC(=O)CSc1nnc(N2C(N)=C(C#N)C(c3ccc(C)o3)C3=C2CC(C)(C)CC3=O)s1. The summed E-state index contributed by atoms with van der Waals surface area (Å²) in [5.74, 6) is 1.07. The fourth-order valence-corrected chi connectivity index (χ4v) is 6.71. The van der Waals surface area contributed by atoms with Crippen molar-refractivity contribution in [3.63, 3.8) is 0 Å². The lowest BCUT2D eigenvalue weighted by atomic mass is 9.69. The number of ketones is 1. The van der Waals surface area contributed by atoms with Crippen molar-refractivity contribution in [2.24, 2.45) is 11.1 Å². The number of nitrogens with zero attached hydrogens (tertiary/aromatic N) is 4. The number of para-hydroxylation sites is 2. The molecule has 1 aromatic carbocycles. The molecule has 0 saturated carbocycles. The van der Waals surface area contributed by atoms with Crippen LogP contribution >= 0.6 is 23.1 Å². The Hall–Kier alpha value is -4.08. The Morgan fingerprint density at radius 3 is 2.77 bits per heavy atom. The van der Waals surface area contributed by atoms with E-state index in [1.165, 1.54) is 23.1 Å². The van der Waals surface area contributed by atoms with Crippen LogP contribution in [0.15, 0.2) is 67.8 Å². The molecule has 3 aromatic rings. The first-order chi connectivity index (χ1) is 19.1. The molecule has 1 aliphatic heterocycles. The Labute approximate surface area is 239 Å². The summed E-state index contributed by atoms with van der Waals surface area (Å²) in [7, 11) is 1.54. The number of benzene rings is 1. The second-order valence-corrected chi connectivity index (χ2v) is 12.5. The van der Waals surface area contributed by atoms with Crippen LogP contribution in [0, 0.1) is 23.7 Å². The van der Waals surface area contributed by atoms with E-state index in [1.54, 1.807) is 30.2 Å². The van der Waals surface area contributed by atoms with Crippen molar-refractivity contribution in [1.29, 1.82) is 5.26 Å². The van der Waals surface area contributed by atoms with Crippen molar-refractivity contribution in [2.45, 2.75) is 43.9 Å². The average molecular weight is 577 g/mol. The third kappa shape index (κ3) is 5.22. The van der Waals surface area contributed by atoms with Crippen LogP contribution in [0.2, 0.25) is 0 Å². The zero-order chi connectivity index (χ0) is 28.6. The molecule has 2 aromatic heterocycles. The number of hydrogen-bond acceptors (Lipinski definition) is 11. The van der Waals surface area contributed by atoms with Gasteiger partial charge in [-0.25, -0.2) is 0 Å². The standard InChI is InChI=1S/C28H28N6O4S2/c1-15-9-10-21(38-15)23-16(13-29)25(30)34(18-11-28(2,3)12-19(35)24(18)23)26-32-33-27(40-26)39-14-22(36)31-17-7-5-6-8-20(17)37-4/h5-10,23H,11-12,14,30H2,1-4H3,(H,31,36). The van der Waals surface area contributed by atoms with Crippen LogP contribution in [0.25, 0.3) is 0 Å². The molecule has 0 spiro atoms. The molecule has 3 heterocycles. The van der Waals surface area contributed by atoms with E-state index < -0.39 is 5.92 Å². The highest BCUT2D eigenvalue weighted by atomic mass is 32.2. The van der Waals surface area contributed by atoms with Gasteiger partial charge in [0.2, 0.25) is 11.0 Å². The number of hydrogen-bond donors (Lipinski definition) is 2. The van der Waals surface area contributed by atoms with Gasteiger partial charge in [-0.3, -0.25) is 14.5 Å². The Morgan fingerprint density at radius 2 is 2.08 bits per heavy atom. The molecule has 0 saturated heterocycles. The number of aryl methyl sites for hydroxylation is 1. The molecule has 3 N–H and O–H groups in total. The van der Waals surface area contributed by atoms with Crippen LogP contribution < -0.4 is 20.7 Å². The third-order valence-corrected chi connectivity index (χ3v) is 8.76. The minimum atomic E-state index is -0.686. The number of aromatic nitrogens is 2. The number of nitrogens with two attached hydrogens (primary N) is 1. The third-order valence-electron chi connectivity index (χ3n) is 6.72. The van der Waals surface area contributed by atoms with Crippen LogP contribution in [0.4, 0.5) is 10.8 Å². The number of ether oxygens (including phenoxy) is 1. The van der Waals surface area contributed by atoms with Crippen LogP contribution in [0.1, 0.15) is 44.1 Å². The lowest BCUT2D eigenvalue weighted by molar-refractivity contribution is -0.118. The molecule has 206 valence electrons. The van der Waals surface area contributed by atoms with Crippen LogP contribution in [-0.4, -0.2) is 34.8 Å². The molecule has 1 amide bonds. The Balaban J connectivity index is 1.44. The van der Waals surface area contributed by atoms with Gasteiger partial charge in [-0.05, 0) is 43.0 Å². The second kappa shape index (κ2) is 10.8. The van der Waals surface area contributed by atoms with Crippen molar-refractivity contribution >= 4 is 45.6 Å². The summed E-state index contributed by atoms with van der Waals surface area (Å²) in [6.45, 7) is 5.87. The summed E-state index contributed by atoms with van der Waals surface area (Å²) in [6, 6.07) is 13.0. The minimum absolute atomic E-state index is 0.0531. The number of carbonyl (C=O) groups is 2. The Morgan fingerprint density at radius 1 is 1.30 bits per heavy atom. The summed E-state index contributed by atoms with van der Waals surface area (Å²) < 4.78 is 11.7. The first-order valence-electron chi connectivity index (χ1n) is 12.5. The normalized spacial score (nSPS) is 18.4. The molecule has 10 nitrogen and oxygen atoms in total. The summed E-state index contributed by atoms with van der Waals surface area (Å²) in [5.41, 5.74) is 8.31. The number of allylic oxidation sites excluding steroid dienone is 3.